The molecule has 0 aliphatic heterocycles. The molecule has 0 amide bonds. The van der Waals surface area contributed by atoms with Crippen LogP contribution in [0.5, 0.6) is 5.75 Å². The summed E-state index contributed by atoms with van der Waals surface area (Å²) in [5, 5.41) is 0. The maximum atomic E-state index is 10.4. The normalized spacial score (nSPS) is 10.9. The van der Waals surface area contributed by atoms with Gasteiger partial charge < -0.3 is 8.74 Å². The number of rotatable bonds is 4. The van der Waals surface area contributed by atoms with Crippen molar-refractivity contribution in [2.75, 3.05) is 12.5 Å². The van der Waals surface area contributed by atoms with E-state index in [0.29, 0.717) is 0 Å². The van der Waals surface area contributed by atoms with Gasteiger partial charge in [0.1, 0.15) is 10.1 Å². The van der Waals surface area contributed by atoms with Crippen LogP contribution < -0.4 is 33.7 Å². The molecule has 0 saturated heterocycles. The molecular weight excluding hydrogens is 329 g/mol. The van der Waals surface area contributed by atoms with Crippen molar-refractivity contribution in [3.63, 3.8) is 0 Å². The zero-order valence-electron chi connectivity index (χ0n) is 11.3. The molecule has 20 heavy (non-hydrogen) atoms. The first kappa shape index (κ1) is 20.0. The molecule has 0 radical (unpaired) electrons. The molecule has 0 unspecified atom stereocenters. The first-order chi connectivity index (χ1) is 8.94. The zero-order valence-corrected chi connectivity index (χ0v) is 15.7. The number of aliphatic imine (C=N–C) groups is 1. The van der Waals surface area contributed by atoms with E-state index in [9.17, 15) is 13.0 Å². The van der Waals surface area contributed by atoms with E-state index < -0.39 is 10.4 Å². The third kappa shape index (κ3) is 8.35. The van der Waals surface area contributed by atoms with Crippen LogP contribution in [0.2, 0.25) is 0 Å². The van der Waals surface area contributed by atoms with E-state index in [0.717, 1.165) is 9.94 Å². The molecule has 0 fully saturated rings. The molecule has 0 aromatic heterocycles. The van der Waals surface area contributed by atoms with Crippen molar-refractivity contribution in [3.05, 3.63) is 36.0 Å². The molecule has 0 aliphatic carbocycles. The summed E-state index contributed by atoms with van der Waals surface area (Å²) in [7, 11) is -4.72. The summed E-state index contributed by atoms with van der Waals surface area (Å²) in [4.78, 5) is 4.22. The first-order valence-corrected chi connectivity index (χ1v) is 8.80. The Hall–Kier alpha value is 0.0400. The first-order valence-electron chi connectivity index (χ1n) is 5.02. The Morgan fingerprint density at radius 1 is 1.25 bits per heavy atom. The molecule has 104 valence electrons. The molecule has 0 bridgehead atoms. The molecule has 9 heteroatoms. The monoisotopic (exact) mass is 341 g/mol. The maximum Gasteiger partial charge on any atom is 1.00 e. The summed E-state index contributed by atoms with van der Waals surface area (Å²) in [5.74, 6) is -0.00966. The second-order valence-electron chi connectivity index (χ2n) is 3.18. The number of hydrogen-bond acceptors (Lipinski definition) is 7. The van der Waals surface area contributed by atoms with Crippen molar-refractivity contribution in [1.82, 2.24) is 0 Å². The topological polar surface area (TPSA) is 78.8 Å². The fourth-order valence-corrected chi connectivity index (χ4v) is 2.47. The quantitative estimate of drug-likeness (QED) is 0.243. The zero-order chi connectivity index (χ0) is 14.3. The van der Waals surface area contributed by atoms with Crippen LogP contribution >= 0.6 is 23.5 Å². The largest absolute Gasteiger partial charge is 1.00 e. The predicted octanol–water partition coefficient (Wildman–Crippen LogP) is -0.418. The summed E-state index contributed by atoms with van der Waals surface area (Å²) >= 11 is 3.11. The van der Waals surface area contributed by atoms with Crippen LogP contribution in [-0.2, 0) is 10.4 Å². The average molecular weight is 341 g/mol. The van der Waals surface area contributed by atoms with Crippen LogP contribution in [0, 0.1) is 0 Å². The van der Waals surface area contributed by atoms with Crippen LogP contribution in [0.1, 0.15) is 5.56 Å². The van der Waals surface area contributed by atoms with Crippen molar-refractivity contribution in [3.8, 4) is 5.75 Å². The van der Waals surface area contributed by atoms with Crippen LogP contribution in [-0.4, -0.2) is 29.9 Å². The van der Waals surface area contributed by atoms with Crippen LogP contribution in [0.15, 0.2) is 35.5 Å². The minimum absolute atomic E-state index is 0. The molecule has 0 saturated carbocycles. The average Bonchev–Trinajstić information content (AvgIpc) is 2.35. The Balaban J connectivity index is 0.00000361. The Labute approximate surface area is 149 Å². The van der Waals surface area contributed by atoms with Crippen LogP contribution in [0.4, 0.5) is 0 Å². The van der Waals surface area contributed by atoms with E-state index in [1.54, 1.807) is 47.9 Å². The van der Waals surface area contributed by atoms with E-state index in [1.807, 2.05) is 12.5 Å². The molecule has 1 aromatic rings. The fraction of sp³-hybridized carbons (Fsp3) is 0.182. The molecule has 0 atom stereocenters. The van der Waals surface area contributed by atoms with Gasteiger partial charge in [-0.2, -0.15) is 0 Å². The van der Waals surface area contributed by atoms with Crippen molar-refractivity contribution in [1.29, 1.82) is 0 Å². The molecule has 0 spiro atoms. The van der Waals surface area contributed by atoms with E-state index >= 15 is 0 Å². The van der Waals surface area contributed by atoms with Gasteiger partial charge in [-0.25, -0.2) is 13.4 Å². The number of benzene rings is 1. The Morgan fingerprint density at radius 2 is 1.80 bits per heavy atom. The molecule has 0 heterocycles. The van der Waals surface area contributed by atoms with Crippen molar-refractivity contribution in [2.24, 2.45) is 4.99 Å². The summed E-state index contributed by atoms with van der Waals surface area (Å²) in [6, 6.07) is 6.07. The fourth-order valence-electron chi connectivity index (χ4n) is 1.13. The van der Waals surface area contributed by atoms with Gasteiger partial charge in [-0.05, 0) is 36.3 Å². The summed E-state index contributed by atoms with van der Waals surface area (Å²) in [6.07, 6.45) is 7.31. The molecule has 1 aromatic carbocycles. The van der Waals surface area contributed by atoms with Crippen molar-refractivity contribution in [2.45, 2.75) is 0 Å². The minimum Gasteiger partial charge on any atom is -0.716 e. The number of nitrogens with zero attached hydrogens (tertiary/aromatic N) is 1. The van der Waals surface area contributed by atoms with Gasteiger partial charge in [-0.3, -0.25) is 0 Å². The number of thioether (sulfide) groups is 2. The summed E-state index contributed by atoms with van der Waals surface area (Å²) < 4.78 is 36.3. The van der Waals surface area contributed by atoms with E-state index in [1.165, 1.54) is 12.1 Å². The van der Waals surface area contributed by atoms with E-state index in [2.05, 4.69) is 9.18 Å². The minimum atomic E-state index is -4.72. The van der Waals surface area contributed by atoms with Crippen LogP contribution in [0.3, 0.4) is 0 Å². The van der Waals surface area contributed by atoms with Gasteiger partial charge in [-0.1, -0.05) is 12.1 Å². The Kier molecular flexibility index (Phi) is 9.90. The smallest absolute Gasteiger partial charge is 0.716 e. The SMILES string of the molecule is CSC(=N/C=C/c1ccc(OS(=O)(=O)[O-])cc1)SC.[Na+]. The van der Waals surface area contributed by atoms with Gasteiger partial charge in [0, 0.05) is 6.20 Å². The Bertz CT molecular complexity index is 564. The van der Waals surface area contributed by atoms with Crippen LogP contribution in [0.25, 0.3) is 6.08 Å². The van der Waals surface area contributed by atoms with Gasteiger partial charge in [0.05, 0.1) is 0 Å². The third-order valence-electron chi connectivity index (χ3n) is 1.87. The second kappa shape index (κ2) is 9.88. The molecule has 5 nitrogen and oxygen atoms in total. The maximum absolute atomic E-state index is 10.4. The predicted molar refractivity (Wildman–Crippen MR) is 80.3 cm³/mol. The van der Waals surface area contributed by atoms with Gasteiger partial charge in [-0.15, -0.1) is 23.5 Å². The molecule has 0 N–H and O–H groups in total. The van der Waals surface area contributed by atoms with Gasteiger partial charge in [0.2, 0.25) is 0 Å². The van der Waals surface area contributed by atoms with E-state index in [-0.39, 0.29) is 35.3 Å². The van der Waals surface area contributed by atoms with Gasteiger partial charge in [0.25, 0.3) is 10.4 Å². The second-order valence-corrected chi connectivity index (χ2v) is 6.01. The van der Waals surface area contributed by atoms with Crippen molar-refractivity contribution >= 4 is 44.4 Å². The Morgan fingerprint density at radius 3 is 2.25 bits per heavy atom. The summed E-state index contributed by atoms with van der Waals surface area (Å²) in [5.41, 5.74) is 0.820. The molecule has 1 rings (SSSR count). The van der Waals surface area contributed by atoms with E-state index in [4.69, 9.17) is 0 Å². The third-order valence-corrected chi connectivity index (χ3v) is 4.18. The van der Waals surface area contributed by atoms with Gasteiger partial charge >= 0.3 is 29.6 Å². The standard InChI is InChI=1S/C11H13NO4S3.Na/c1-17-11(18-2)12-8-7-9-3-5-10(6-4-9)16-19(13,14)15;/h3-8H,1-2H3,(H,13,14,15);/q;+1/p-1/b8-7+;. The summed E-state index contributed by atoms with van der Waals surface area (Å²) in [6.45, 7) is 0. The van der Waals surface area contributed by atoms with Crippen molar-refractivity contribution < 1.29 is 46.7 Å². The van der Waals surface area contributed by atoms with Gasteiger partial charge in [0.15, 0.2) is 0 Å². The molecule has 0 aliphatic rings. The number of hydrogen-bond donors (Lipinski definition) is 0. The molecular formula is C11H12NNaO4S3.